The number of amides is 3. The number of hydrogen-bond donors (Lipinski definition) is 1. The van der Waals surface area contributed by atoms with E-state index in [1.165, 1.54) is 11.3 Å². The molecule has 35 heavy (non-hydrogen) atoms. The Balaban J connectivity index is 1.27. The van der Waals surface area contributed by atoms with E-state index < -0.39 is 5.91 Å². The Kier molecular flexibility index (Phi) is 8.38. The first kappa shape index (κ1) is 25.6. The van der Waals surface area contributed by atoms with Gasteiger partial charge in [-0.15, -0.1) is 11.3 Å². The number of carbonyl (C=O) groups is 3. The molecule has 1 aromatic carbocycles. The van der Waals surface area contributed by atoms with Crippen molar-refractivity contribution in [3.8, 4) is 10.6 Å². The average molecular weight is 520 g/mol. The second-order valence-electron chi connectivity index (χ2n) is 8.74. The minimum Gasteiger partial charge on any atom is -0.377 e. The second kappa shape index (κ2) is 11.5. The highest BCUT2D eigenvalue weighted by molar-refractivity contribution is 7.13. The molecule has 0 aliphatic carbocycles. The maximum atomic E-state index is 12.9. The number of carbonyl (C=O) groups excluding carboxylic acids is 3. The Bertz CT molecular complexity index is 1090. The van der Waals surface area contributed by atoms with Crippen LogP contribution < -0.4 is 5.73 Å². The zero-order valence-electron chi connectivity index (χ0n) is 19.7. The monoisotopic (exact) mass is 519 g/mol. The van der Waals surface area contributed by atoms with Crippen molar-refractivity contribution in [1.29, 1.82) is 0 Å². The van der Waals surface area contributed by atoms with Gasteiger partial charge in [0.1, 0.15) is 5.01 Å². The number of ether oxygens (including phenoxy) is 1. The highest BCUT2D eigenvalue weighted by atomic mass is 35.5. The maximum absolute atomic E-state index is 12.9. The first-order valence-electron chi connectivity index (χ1n) is 11.8. The summed E-state index contributed by atoms with van der Waals surface area (Å²) in [4.78, 5) is 47.6. The number of primary amides is 1. The fourth-order valence-electron chi connectivity index (χ4n) is 4.46. The van der Waals surface area contributed by atoms with Gasteiger partial charge in [-0.2, -0.15) is 0 Å². The summed E-state index contributed by atoms with van der Waals surface area (Å²) in [5.74, 6) is -0.439. The van der Waals surface area contributed by atoms with E-state index in [0.29, 0.717) is 72.7 Å². The Morgan fingerprint density at radius 1 is 1.14 bits per heavy atom. The molecule has 0 radical (unpaired) electrons. The zero-order valence-corrected chi connectivity index (χ0v) is 21.3. The number of aromatic nitrogens is 1. The summed E-state index contributed by atoms with van der Waals surface area (Å²) in [7, 11) is 0. The van der Waals surface area contributed by atoms with Gasteiger partial charge in [-0.25, -0.2) is 4.98 Å². The number of hydrogen-bond acceptors (Lipinski definition) is 7. The molecule has 188 valence electrons. The third-order valence-electron chi connectivity index (χ3n) is 6.35. The summed E-state index contributed by atoms with van der Waals surface area (Å²) in [5, 5.41) is 2.90. The van der Waals surface area contributed by atoms with Crippen LogP contribution in [0.3, 0.4) is 0 Å². The number of halogens is 1. The summed E-state index contributed by atoms with van der Waals surface area (Å²) < 4.78 is 5.63. The molecule has 2 N–H and O–H groups in total. The van der Waals surface area contributed by atoms with Crippen molar-refractivity contribution in [2.45, 2.75) is 25.9 Å². The zero-order chi connectivity index (χ0) is 24.9. The first-order chi connectivity index (χ1) is 16.8. The number of likely N-dealkylation sites (tertiary alicyclic amines) is 1. The lowest BCUT2D eigenvalue weighted by Gasteiger charge is -2.35. The number of thiazole rings is 1. The highest BCUT2D eigenvalue weighted by Gasteiger charge is 2.29. The SMILES string of the molecule is CCOC1CCN(C(=O)CN2CCN(C(=O)Cc3csc(-c4cc(Cl)ccc4C(N)=O)n3)CC2)C1. The minimum atomic E-state index is -0.556. The largest absolute Gasteiger partial charge is 0.377 e. The van der Waals surface area contributed by atoms with E-state index >= 15 is 0 Å². The van der Waals surface area contributed by atoms with E-state index in [0.717, 1.165) is 13.0 Å². The topological polar surface area (TPSA) is 109 Å². The molecule has 2 saturated heterocycles. The van der Waals surface area contributed by atoms with Crippen molar-refractivity contribution in [3.63, 3.8) is 0 Å². The van der Waals surface area contributed by atoms with Gasteiger partial charge in [-0.05, 0) is 31.5 Å². The molecule has 1 unspecified atom stereocenters. The predicted molar refractivity (Wildman–Crippen MR) is 134 cm³/mol. The van der Waals surface area contributed by atoms with Crippen molar-refractivity contribution in [1.82, 2.24) is 19.7 Å². The van der Waals surface area contributed by atoms with Crippen LogP contribution in [0, 0.1) is 0 Å². The number of piperazine rings is 1. The quantitative estimate of drug-likeness (QED) is 0.570. The molecular formula is C24H30ClN5O4S. The molecule has 4 rings (SSSR count). The van der Waals surface area contributed by atoms with E-state index in [4.69, 9.17) is 22.1 Å². The first-order valence-corrected chi connectivity index (χ1v) is 13.0. The lowest BCUT2D eigenvalue weighted by Crippen LogP contribution is -2.51. The number of rotatable bonds is 8. The standard InChI is InChI=1S/C24H30ClN5O4S/c1-2-34-18-5-6-30(13-18)22(32)14-28-7-9-29(10-8-28)21(31)12-17-15-35-24(27-17)20-11-16(25)3-4-19(20)23(26)33/h3-4,11,15,18H,2,5-10,12-14H2,1H3,(H2,26,33). The van der Waals surface area contributed by atoms with E-state index in [-0.39, 0.29) is 24.3 Å². The Morgan fingerprint density at radius 3 is 2.63 bits per heavy atom. The van der Waals surface area contributed by atoms with Crippen molar-refractivity contribution in [2.75, 3.05) is 52.4 Å². The highest BCUT2D eigenvalue weighted by Crippen LogP contribution is 2.30. The van der Waals surface area contributed by atoms with Gasteiger partial charge in [-0.3, -0.25) is 19.3 Å². The molecule has 2 aliphatic rings. The third kappa shape index (κ3) is 6.38. The summed E-state index contributed by atoms with van der Waals surface area (Å²) in [6, 6.07) is 4.85. The number of benzene rings is 1. The molecule has 0 spiro atoms. The van der Waals surface area contributed by atoms with Crippen molar-refractivity contribution in [3.05, 3.63) is 39.9 Å². The van der Waals surface area contributed by atoms with Crippen LogP contribution in [-0.4, -0.2) is 95.9 Å². The Morgan fingerprint density at radius 2 is 1.91 bits per heavy atom. The van der Waals surface area contributed by atoms with Crippen LogP contribution in [0.4, 0.5) is 0 Å². The second-order valence-corrected chi connectivity index (χ2v) is 10.0. The third-order valence-corrected chi connectivity index (χ3v) is 7.51. The molecule has 0 bridgehead atoms. The van der Waals surface area contributed by atoms with Gasteiger partial charge in [0.05, 0.1) is 24.8 Å². The van der Waals surface area contributed by atoms with Gasteiger partial charge in [-0.1, -0.05) is 11.6 Å². The van der Waals surface area contributed by atoms with E-state index in [1.54, 1.807) is 18.2 Å². The lowest BCUT2D eigenvalue weighted by atomic mass is 10.1. The van der Waals surface area contributed by atoms with Crippen molar-refractivity contribution < 1.29 is 19.1 Å². The van der Waals surface area contributed by atoms with Crippen molar-refractivity contribution in [2.24, 2.45) is 5.73 Å². The average Bonchev–Trinajstić information content (AvgIpc) is 3.49. The molecule has 3 heterocycles. The minimum absolute atomic E-state index is 0.00635. The Hall–Kier alpha value is -2.53. The molecule has 2 fully saturated rings. The van der Waals surface area contributed by atoms with Gasteiger partial charge < -0.3 is 20.3 Å². The smallest absolute Gasteiger partial charge is 0.249 e. The molecule has 3 amide bonds. The summed E-state index contributed by atoms with van der Waals surface area (Å²) in [6.45, 7) is 6.88. The molecule has 1 atom stereocenters. The van der Waals surface area contributed by atoms with Gasteiger partial charge in [0.15, 0.2) is 0 Å². The molecule has 11 heteroatoms. The predicted octanol–water partition coefficient (Wildman–Crippen LogP) is 1.89. The van der Waals surface area contributed by atoms with Gasteiger partial charge in [0.2, 0.25) is 17.7 Å². The van der Waals surface area contributed by atoms with Crippen LogP contribution in [0.15, 0.2) is 23.6 Å². The normalized spacial score (nSPS) is 18.7. The van der Waals surface area contributed by atoms with Crippen LogP contribution in [0.25, 0.3) is 10.6 Å². The van der Waals surface area contributed by atoms with Gasteiger partial charge in [0, 0.05) is 67.4 Å². The number of nitrogens with zero attached hydrogens (tertiary/aromatic N) is 4. The van der Waals surface area contributed by atoms with Gasteiger partial charge >= 0.3 is 0 Å². The fraction of sp³-hybridized carbons (Fsp3) is 0.500. The van der Waals surface area contributed by atoms with E-state index in [2.05, 4.69) is 9.88 Å². The molecule has 2 aliphatic heterocycles. The van der Waals surface area contributed by atoms with E-state index in [1.807, 2.05) is 22.1 Å². The number of nitrogens with two attached hydrogens (primary N) is 1. The molecule has 1 aromatic heterocycles. The van der Waals surface area contributed by atoms with Crippen LogP contribution in [-0.2, 0) is 20.7 Å². The fourth-order valence-corrected chi connectivity index (χ4v) is 5.48. The van der Waals surface area contributed by atoms with Crippen LogP contribution in [0.5, 0.6) is 0 Å². The maximum Gasteiger partial charge on any atom is 0.249 e. The summed E-state index contributed by atoms with van der Waals surface area (Å²) >= 11 is 7.44. The van der Waals surface area contributed by atoms with Crippen LogP contribution in [0.1, 0.15) is 29.4 Å². The van der Waals surface area contributed by atoms with Crippen LogP contribution >= 0.6 is 22.9 Å². The molecule has 9 nitrogen and oxygen atoms in total. The molecular weight excluding hydrogens is 490 g/mol. The van der Waals surface area contributed by atoms with Crippen LogP contribution in [0.2, 0.25) is 5.02 Å². The van der Waals surface area contributed by atoms with Gasteiger partial charge in [0.25, 0.3) is 0 Å². The Labute approximate surface area is 213 Å². The van der Waals surface area contributed by atoms with Crippen molar-refractivity contribution >= 4 is 40.7 Å². The lowest BCUT2D eigenvalue weighted by molar-refractivity contribution is -0.134. The van der Waals surface area contributed by atoms with E-state index in [9.17, 15) is 14.4 Å². The molecule has 2 aromatic rings. The molecule has 0 saturated carbocycles. The summed E-state index contributed by atoms with van der Waals surface area (Å²) in [5.41, 5.74) is 7.03. The summed E-state index contributed by atoms with van der Waals surface area (Å²) in [6.07, 6.45) is 1.21.